The standard InChI is InChI=1S/C42H59N3O4/c1-9-33(48)49-31-14-16-38(6)29(37(31,4)5)13-17-40(8)30(38)12-11-27-35-34(26(2)3)28(46)25-41(35,20-19-39(27,40)7)18-15-32(47)45-42(21-22-42)36-43-23-10-24-44-36/h10,15,18,23-24,26-27,29-31H,9,11-14,16-17,19-22,25H2,1-8H3,(H,45,47)/b18-15+/t27-,29+,30-,31+,38+,39-,40-,41+/m1/s1. The number of nitrogens with one attached hydrogen (secondary N) is 1. The van der Waals surface area contributed by atoms with Crippen LogP contribution in [0, 0.1) is 50.7 Å². The largest absolute Gasteiger partial charge is 0.462 e. The molecule has 1 heterocycles. The van der Waals surface area contributed by atoms with E-state index in [1.165, 1.54) is 5.57 Å². The van der Waals surface area contributed by atoms with Crippen molar-refractivity contribution in [3.63, 3.8) is 0 Å². The quantitative estimate of drug-likeness (QED) is 0.231. The van der Waals surface area contributed by atoms with Crippen LogP contribution in [-0.4, -0.2) is 33.7 Å². The van der Waals surface area contributed by atoms with E-state index in [9.17, 15) is 14.4 Å². The second-order valence-corrected chi connectivity index (χ2v) is 18.5. The summed E-state index contributed by atoms with van der Waals surface area (Å²) in [6.07, 6.45) is 18.4. The number of ether oxygens (including phenoxy) is 1. The maximum atomic E-state index is 14.0. The molecular weight excluding hydrogens is 610 g/mol. The predicted octanol–water partition coefficient (Wildman–Crippen LogP) is 8.44. The molecule has 0 saturated heterocycles. The highest BCUT2D eigenvalue weighted by molar-refractivity contribution is 6.01. The summed E-state index contributed by atoms with van der Waals surface area (Å²) in [4.78, 5) is 48.8. The van der Waals surface area contributed by atoms with Crippen LogP contribution in [0.5, 0.6) is 0 Å². The van der Waals surface area contributed by atoms with Gasteiger partial charge in [0, 0.05) is 36.1 Å². The van der Waals surface area contributed by atoms with E-state index in [1.807, 2.05) is 6.92 Å². The van der Waals surface area contributed by atoms with Gasteiger partial charge in [-0.1, -0.05) is 61.5 Å². The van der Waals surface area contributed by atoms with Gasteiger partial charge in [-0.3, -0.25) is 14.4 Å². The molecule has 1 amide bonds. The molecule has 1 aromatic rings. The Balaban J connectivity index is 1.19. The van der Waals surface area contributed by atoms with Gasteiger partial charge in [0.2, 0.25) is 5.91 Å². The molecule has 1 aromatic heterocycles. The number of ketones is 1. The third-order valence-electron chi connectivity index (χ3n) is 15.6. The van der Waals surface area contributed by atoms with E-state index in [-0.39, 0.29) is 51.3 Å². The van der Waals surface area contributed by atoms with Gasteiger partial charge >= 0.3 is 5.97 Å². The smallest absolute Gasteiger partial charge is 0.305 e. The van der Waals surface area contributed by atoms with Crippen LogP contribution in [-0.2, 0) is 24.7 Å². The van der Waals surface area contributed by atoms with Crippen molar-refractivity contribution in [2.75, 3.05) is 0 Å². The van der Waals surface area contributed by atoms with Crippen LogP contribution in [0.4, 0.5) is 0 Å². The molecule has 0 spiro atoms. The van der Waals surface area contributed by atoms with Crippen LogP contribution in [0.3, 0.4) is 0 Å². The first-order valence-corrected chi connectivity index (χ1v) is 19.3. The number of hydrogen-bond donors (Lipinski definition) is 1. The number of Topliss-reactive ketones (excluding diaryl/α,β-unsaturated/α-hetero) is 1. The topological polar surface area (TPSA) is 98.2 Å². The Morgan fingerprint density at radius 3 is 2.29 bits per heavy atom. The first-order chi connectivity index (χ1) is 23.1. The molecule has 8 atom stereocenters. The van der Waals surface area contributed by atoms with Gasteiger partial charge in [0.15, 0.2) is 11.6 Å². The van der Waals surface area contributed by atoms with Crippen LogP contribution in [0.2, 0.25) is 0 Å². The van der Waals surface area contributed by atoms with Crippen LogP contribution in [0.15, 0.2) is 41.8 Å². The van der Waals surface area contributed by atoms with Gasteiger partial charge in [-0.25, -0.2) is 9.97 Å². The molecule has 266 valence electrons. The third kappa shape index (κ3) is 5.05. The molecule has 5 fully saturated rings. The zero-order chi connectivity index (χ0) is 35.2. The minimum atomic E-state index is -0.480. The van der Waals surface area contributed by atoms with Gasteiger partial charge in [0.05, 0.1) is 0 Å². The van der Waals surface area contributed by atoms with Crippen molar-refractivity contribution >= 4 is 17.7 Å². The Morgan fingerprint density at radius 2 is 1.63 bits per heavy atom. The number of esters is 1. The van der Waals surface area contributed by atoms with Crippen molar-refractivity contribution < 1.29 is 19.1 Å². The lowest BCUT2D eigenvalue weighted by molar-refractivity contribution is -0.232. The Labute approximate surface area is 293 Å². The fourth-order valence-corrected chi connectivity index (χ4v) is 12.9. The maximum Gasteiger partial charge on any atom is 0.305 e. The number of allylic oxidation sites excluding steroid dienone is 3. The number of amides is 1. The SMILES string of the molecule is CCC(=O)O[C@H]1CC[C@]2(C)[C@H]3CC[C@@H]4C5=C(C(C)C)C(=O)C[C@]5(/C=C/C(=O)NC5(c6ncccn6)CC5)CC[C@@]4(C)[C@]3(C)CC[C@H]2C1(C)C. The van der Waals surface area contributed by atoms with Crippen molar-refractivity contribution in [2.45, 2.75) is 144 Å². The molecule has 5 saturated carbocycles. The lowest BCUT2D eigenvalue weighted by Crippen LogP contribution is -2.65. The molecular formula is C42H59N3O4. The molecule has 0 radical (unpaired) electrons. The van der Waals surface area contributed by atoms with Gasteiger partial charge in [-0.2, -0.15) is 0 Å². The summed E-state index contributed by atoms with van der Waals surface area (Å²) in [5.41, 5.74) is 1.82. The maximum absolute atomic E-state index is 14.0. The van der Waals surface area contributed by atoms with Gasteiger partial charge in [-0.05, 0) is 127 Å². The number of rotatable bonds is 7. The van der Waals surface area contributed by atoms with E-state index >= 15 is 0 Å². The van der Waals surface area contributed by atoms with Crippen molar-refractivity contribution in [3.05, 3.63) is 47.6 Å². The molecule has 49 heavy (non-hydrogen) atoms. The van der Waals surface area contributed by atoms with Gasteiger partial charge in [0.1, 0.15) is 11.6 Å². The van der Waals surface area contributed by atoms with Gasteiger partial charge in [-0.15, -0.1) is 0 Å². The normalized spacial score (nSPS) is 40.3. The number of carbonyl (C=O) groups is 3. The monoisotopic (exact) mass is 669 g/mol. The Kier molecular flexibility index (Phi) is 8.19. The molecule has 0 aromatic carbocycles. The van der Waals surface area contributed by atoms with Crippen molar-refractivity contribution in [2.24, 2.45) is 50.7 Å². The van der Waals surface area contributed by atoms with E-state index in [0.29, 0.717) is 36.4 Å². The molecule has 0 unspecified atom stereocenters. The first-order valence-electron chi connectivity index (χ1n) is 19.3. The average molecular weight is 670 g/mol. The predicted molar refractivity (Wildman–Crippen MR) is 190 cm³/mol. The Hall–Kier alpha value is -2.83. The second kappa shape index (κ2) is 11.6. The first kappa shape index (κ1) is 34.6. The molecule has 7 nitrogen and oxygen atoms in total. The van der Waals surface area contributed by atoms with Crippen molar-refractivity contribution in [1.29, 1.82) is 0 Å². The highest BCUT2D eigenvalue weighted by atomic mass is 16.5. The minimum Gasteiger partial charge on any atom is -0.462 e. The zero-order valence-corrected chi connectivity index (χ0v) is 31.3. The van der Waals surface area contributed by atoms with E-state index in [1.54, 1.807) is 24.5 Å². The van der Waals surface area contributed by atoms with Gasteiger partial charge in [0.25, 0.3) is 0 Å². The summed E-state index contributed by atoms with van der Waals surface area (Å²) < 4.78 is 6.09. The fourth-order valence-electron chi connectivity index (χ4n) is 12.9. The molecule has 0 bridgehead atoms. The van der Waals surface area contributed by atoms with E-state index in [2.05, 4.69) is 69.8 Å². The van der Waals surface area contributed by atoms with Crippen LogP contribution in [0.1, 0.15) is 138 Å². The fraction of sp³-hybridized carbons (Fsp3) is 0.738. The minimum absolute atomic E-state index is 0.0214. The highest BCUT2D eigenvalue weighted by Gasteiger charge is 2.70. The number of aromatic nitrogens is 2. The van der Waals surface area contributed by atoms with E-state index < -0.39 is 11.0 Å². The molecule has 6 aliphatic carbocycles. The second-order valence-electron chi connectivity index (χ2n) is 18.5. The third-order valence-corrected chi connectivity index (χ3v) is 15.6. The lowest BCUT2D eigenvalue weighted by atomic mass is 9.33. The van der Waals surface area contributed by atoms with E-state index in [0.717, 1.165) is 69.8 Å². The van der Waals surface area contributed by atoms with Crippen molar-refractivity contribution in [1.82, 2.24) is 15.3 Å². The molecule has 1 N–H and O–H groups in total. The lowest BCUT2D eigenvalue weighted by Gasteiger charge is -2.72. The van der Waals surface area contributed by atoms with E-state index in [4.69, 9.17) is 4.74 Å². The summed E-state index contributed by atoms with van der Waals surface area (Å²) in [5.74, 6) is 2.30. The van der Waals surface area contributed by atoms with Crippen LogP contribution < -0.4 is 5.32 Å². The zero-order valence-electron chi connectivity index (χ0n) is 31.3. The molecule has 0 aliphatic heterocycles. The number of hydrogen-bond acceptors (Lipinski definition) is 6. The summed E-state index contributed by atoms with van der Waals surface area (Å²) in [7, 11) is 0. The van der Waals surface area contributed by atoms with Crippen LogP contribution >= 0.6 is 0 Å². The van der Waals surface area contributed by atoms with Crippen molar-refractivity contribution in [3.8, 4) is 0 Å². The molecule has 7 rings (SSSR count). The number of fused-ring (bicyclic) bond motifs is 7. The average Bonchev–Trinajstić information content (AvgIpc) is 3.77. The molecule has 6 aliphatic rings. The highest BCUT2D eigenvalue weighted by Crippen LogP contribution is 2.77. The summed E-state index contributed by atoms with van der Waals surface area (Å²) in [6, 6.07) is 1.80. The molecule has 7 heteroatoms. The number of carbonyl (C=O) groups excluding carboxylic acids is 3. The summed E-state index contributed by atoms with van der Waals surface area (Å²) in [5, 5.41) is 3.23. The number of nitrogens with zero attached hydrogens (tertiary/aromatic N) is 2. The Morgan fingerprint density at radius 1 is 0.918 bits per heavy atom. The summed E-state index contributed by atoms with van der Waals surface area (Å²) >= 11 is 0. The van der Waals surface area contributed by atoms with Crippen LogP contribution in [0.25, 0.3) is 0 Å². The Bertz CT molecular complexity index is 1590. The van der Waals surface area contributed by atoms with Gasteiger partial charge < -0.3 is 10.1 Å². The summed E-state index contributed by atoms with van der Waals surface area (Å²) in [6.45, 7) is 18.7.